The van der Waals surface area contributed by atoms with Crippen molar-refractivity contribution in [2.24, 2.45) is 0 Å². The molecule has 4 rings (SSSR count). The Balaban J connectivity index is 0.00000210. The van der Waals surface area contributed by atoms with Crippen molar-refractivity contribution in [3.63, 3.8) is 0 Å². The number of aromatic nitrogens is 2. The molecule has 1 aliphatic carbocycles. The zero-order chi connectivity index (χ0) is 18.3. The summed E-state index contributed by atoms with van der Waals surface area (Å²) in [5.41, 5.74) is 2.79. The van der Waals surface area contributed by atoms with Crippen molar-refractivity contribution in [2.45, 2.75) is 38.1 Å². The van der Waals surface area contributed by atoms with Crippen LogP contribution in [0.25, 0.3) is 5.69 Å². The average Bonchev–Trinajstić information content (AvgIpc) is 3.26. The zero-order valence-corrected chi connectivity index (χ0v) is 16.0. The summed E-state index contributed by atoms with van der Waals surface area (Å²) in [4.78, 5) is 14.9. The van der Waals surface area contributed by atoms with Crippen LogP contribution in [0.3, 0.4) is 0 Å². The molecule has 146 valence electrons. The van der Waals surface area contributed by atoms with Crippen molar-refractivity contribution < 1.29 is 13.6 Å². The second-order valence-corrected chi connectivity index (χ2v) is 7.02. The predicted octanol–water partition coefficient (Wildman–Crippen LogP) is 2.89. The smallest absolute Gasteiger partial charge is 0.274 e. The fourth-order valence-corrected chi connectivity index (χ4v) is 3.99. The Bertz CT molecular complexity index is 854. The molecule has 1 amide bonds. The quantitative estimate of drug-likeness (QED) is 0.868. The number of piperidine rings is 1. The molecule has 1 atom stereocenters. The molecule has 27 heavy (non-hydrogen) atoms. The van der Waals surface area contributed by atoms with E-state index in [-0.39, 0.29) is 18.3 Å². The van der Waals surface area contributed by atoms with Gasteiger partial charge in [0.15, 0.2) is 17.3 Å². The van der Waals surface area contributed by atoms with E-state index < -0.39 is 11.6 Å². The number of rotatable bonds is 3. The van der Waals surface area contributed by atoms with Crippen LogP contribution in [0.2, 0.25) is 0 Å². The van der Waals surface area contributed by atoms with Gasteiger partial charge >= 0.3 is 0 Å². The first kappa shape index (κ1) is 19.8. The van der Waals surface area contributed by atoms with Crippen LogP contribution >= 0.6 is 12.4 Å². The molecule has 2 heterocycles. The Morgan fingerprint density at radius 3 is 2.78 bits per heavy atom. The van der Waals surface area contributed by atoms with Crippen molar-refractivity contribution in [2.75, 3.05) is 20.1 Å². The van der Waals surface area contributed by atoms with Gasteiger partial charge in [0.1, 0.15) is 0 Å². The Kier molecular flexibility index (Phi) is 5.81. The molecule has 0 radical (unpaired) electrons. The molecule has 5 nitrogen and oxygen atoms in total. The normalized spacial score (nSPS) is 18.9. The number of nitrogens with one attached hydrogen (secondary N) is 1. The summed E-state index contributed by atoms with van der Waals surface area (Å²) in [6, 6.07) is 4.02. The van der Waals surface area contributed by atoms with E-state index in [9.17, 15) is 13.6 Å². The average molecular weight is 397 g/mol. The molecule has 1 fully saturated rings. The second-order valence-electron chi connectivity index (χ2n) is 7.02. The molecular formula is C19H23ClF2N4O. The zero-order valence-electron chi connectivity index (χ0n) is 15.2. The molecule has 0 bridgehead atoms. The van der Waals surface area contributed by atoms with Gasteiger partial charge in [0.2, 0.25) is 0 Å². The van der Waals surface area contributed by atoms with E-state index in [1.807, 2.05) is 11.9 Å². The van der Waals surface area contributed by atoms with Gasteiger partial charge in [-0.05, 0) is 51.3 Å². The fraction of sp³-hybridized carbons (Fsp3) is 0.474. The maximum Gasteiger partial charge on any atom is 0.274 e. The van der Waals surface area contributed by atoms with Gasteiger partial charge in [0.25, 0.3) is 5.91 Å². The highest BCUT2D eigenvalue weighted by Gasteiger charge is 2.31. The maximum absolute atomic E-state index is 13.7. The van der Waals surface area contributed by atoms with Gasteiger partial charge in [0, 0.05) is 36.5 Å². The summed E-state index contributed by atoms with van der Waals surface area (Å²) in [6.45, 7) is 1.39. The number of hydrogen-bond acceptors (Lipinski definition) is 3. The number of likely N-dealkylation sites (tertiary alicyclic amines) is 1. The van der Waals surface area contributed by atoms with Gasteiger partial charge in [-0.2, -0.15) is 5.10 Å². The van der Waals surface area contributed by atoms with Crippen molar-refractivity contribution in [3.8, 4) is 5.69 Å². The number of likely N-dealkylation sites (N-methyl/N-ethyl adjacent to an activating group) is 1. The molecule has 1 N–H and O–H groups in total. The van der Waals surface area contributed by atoms with Crippen LogP contribution in [0.5, 0.6) is 0 Å². The number of hydrogen-bond donors (Lipinski definition) is 1. The summed E-state index contributed by atoms with van der Waals surface area (Å²) in [7, 11) is 1.91. The van der Waals surface area contributed by atoms with Crippen LogP contribution < -0.4 is 5.32 Å². The van der Waals surface area contributed by atoms with Crippen LogP contribution in [-0.2, 0) is 12.8 Å². The fourth-order valence-electron chi connectivity index (χ4n) is 3.99. The van der Waals surface area contributed by atoms with Gasteiger partial charge < -0.3 is 10.2 Å². The van der Waals surface area contributed by atoms with Crippen LogP contribution in [-0.4, -0.2) is 46.8 Å². The van der Waals surface area contributed by atoms with Gasteiger partial charge in [-0.25, -0.2) is 13.5 Å². The number of amides is 1. The van der Waals surface area contributed by atoms with Crippen molar-refractivity contribution in [1.29, 1.82) is 0 Å². The highest BCUT2D eigenvalue weighted by Crippen LogP contribution is 2.29. The van der Waals surface area contributed by atoms with E-state index in [0.717, 1.165) is 62.0 Å². The Morgan fingerprint density at radius 1 is 1.22 bits per heavy atom. The lowest BCUT2D eigenvalue weighted by molar-refractivity contribution is 0.0690. The van der Waals surface area contributed by atoms with Crippen LogP contribution in [0.1, 0.15) is 41.0 Å². The summed E-state index contributed by atoms with van der Waals surface area (Å²) in [6.07, 6.45) is 4.54. The largest absolute Gasteiger partial charge is 0.336 e. The maximum atomic E-state index is 13.7. The highest BCUT2D eigenvalue weighted by molar-refractivity contribution is 5.94. The van der Waals surface area contributed by atoms with Gasteiger partial charge in [-0.3, -0.25) is 4.79 Å². The van der Waals surface area contributed by atoms with E-state index in [1.165, 1.54) is 6.07 Å². The number of nitrogens with zero attached hydrogens (tertiary/aromatic N) is 3. The van der Waals surface area contributed by atoms with Gasteiger partial charge in [0.05, 0.1) is 5.69 Å². The Morgan fingerprint density at radius 2 is 2.04 bits per heavy atom. The first-order valence-corrected chi connectivity index (χ1v) is 9.11. The lowest BCUT2D eigenvalue weighted by Gasteiger charge is -2.32. The number of benzene rings is 1. The molecule has 0 spiro atoms. The van der Waals surface area contributed by atoms with Crippen LogP contribution in [0, 0.1) is 11.6 Å². The Hall–Kier alpha value is -1.99. The minimum Gasteiger partial charge on any atom is -0.336 e. The third-order valence-corrected chi connectivity index (χ3v) is 5.40. The molecule has 2 aliphatic rings. The number of carbonyl (C=O) groups is 1. The highest BCUT2D eigenvalue weighted by atomic mass is 35.5. The molecule has 1 aliphatic heterocycles. The van der Waals surface area contributed by atoms with Crippen LogP contribution in [0.4, 0.5) is 8.78 Å². The van der Waals surface area contributed by atoms with Crippen LogP contribution in [0.15, 0.2) is 18.2 Å². The van der Waals surface area contributed by atoms with Crippen molar-refractivity contribution in [1.82, 2.24) is 20.0 Å². The second kappa shape index (κ2) is 7.94. The molecule has 1 aromatic carbocycles. The summed E-state index contributed by atoms with van der Waals surface area (Å²) >= 11 is 0. The molecule has 8 heteroatoms. The number of fused-ring (bicyclic) bond motifs is 1. The van der Waals surface area contributed by atoms with Crippen molar-refractivity contribution >= 4 is 18.3 Å². The van der Waals surface area contributed by atoms with E-state index in [0.29, 0.717) is 24.0 Å². The van der Waals surface area contributed by atoms with Crippen molar-refractivity contribution in [3.05, 3.63) is 46.8 Å². The summed E-state index contributed by atoms with van der Waals surface area (Å²) in [5.74, 6) is -1.87. The van der Waals surface area contributed by atoms with Gasteiger partial charge in [-0.1, -0.05) is 0 Å². The monoisotopic (exact) mass is 396 g/mol. The predicted molar refractivity (Wildman–Crippen MR) is 101 cm³/mol. The molecule has 2 aromatic rings. The van der Waals surface area contributed by atoms with E-state index in [2.05, 4.69) is 10.4 Å². The van der Waals surface area contributed by atoms with Gasteiger partial charge in [-0.15, -0.1) is 12.4 Å². The van der Waals surface area contributed by atoms with E-state index in [1.54, 1.807) is 4.68 Å². The third-order valence-electron chi connectivity index (χ3n) is 5.40. The third kappa shape index (κ3) is 3.58. The molecule has 1 unspecified atom stereocenters. The summed E-state index contributed by atoms with van der Waals surface area (Å²) in [5, 5.41) is 7.75. The molecule has 1 saturated heterocycles. The first-order chi connectivity index (χ1) is 12.6. The minimum absolute atomic E-state index is 0. The first-order valence-electron chi connectivity index (χ1n) is 9.11. The standard InChI is InChI=1S/C19H22F2N4O.ClH/c1-22-12-4-3-9-24(11-12)19(26)18-14-5-2-6-17(14)25(23-18)13-7-8-15(20)16(21)10-13;/h7-8,10,12,22H,2-6,9,11H2,1H3;1H. The topological polar surface area (TPSA) is 50.2 Å². The lowest BCUT2D eigenvalue weighted by Crippen LogP contribution is -2.47. The molecule has 1 aromatic heterocycles. The Labute approximate surface area is 163 Å². The molecular weight excluding hydrogens is 374 g/mol. The number of carbonyl (C=O) groups excluding carboxylic acids is 1. The SMILES string of the molecule is CNC1CCCN(C(=O)c2nn(-c3ccc(F)c(F)c3)c3c2CCC3)C1.Cl. The lowest BCUT2D eigenvalue weighted by atomic mass is 10.0. The van der Waals surface area contributed by atoms with E-state index in [4.69, 9.17) is 0 Å². The number of halogens is 3. The van der Waals surface area contributed by atoms with E-state index >= 15 is 0 Å². The molecule has 0 saturated carbocycles. The minimum atomic E-state index is -0.912. The summed E-state index contributed by atoms with van der Waals surface area (Å²) < 4.78 is 28.5.